The van der Waals surface area contributed by atoms with Gasteiger partial charge >= 0.3 is 37.7 Å². The molecule has 0 aliphatic carbocycles. The van der Waals surface area contributed by atoms with Gasteiger partial charge in [-0.3, -0.25) is 0 Å². The minimum atomic E-state index is -4.46. The van der Waals surface area contributed by atoms with Crippen LogP contribution < -0.4 is 20.4 Å². The van der Waals surface area contributed by atoms with Crippen molar-refractivity contribution in [1.29, 1.82) is 0 Å². The van der Waals surface area contributed by atoms with Crippen molar-refractivity contribution in [1.82, 2.24) is 0 Å². The topological polar surface area (TPSA) is 145 Å². The molecule has 59 heavy (non-hydrogen) atoms. The maximum absolute atomic E-state index is 11.4. The van der Waals surface area contributed by atoms with E-state index in [0.717, 1.165) is 61.5 Å². The molecule has 10 nitrogen and oxygen atoms in total. The van der Waals surface area contributed by atoms with Gasteiger partial charge in [0.05, 0.1) is 44.9 Å². The molecule has 2 unspecified atom stereocenters. The van der Waals surface area contributed by atoms with E-state index in [2.05, 4.69) is 58.5 Å². The number of rotatable bonds is 22. The molecule has 2 aliphatic rings. The summed E-state index contributed by atoms with van der Waals surface area (Å²) < 4.78 is 68.5. The van der Waals surface area contributed by atoms with Crippen LogP contribution in [0.5, 0.6) is 0 Å². The Bertz CT molecular complexity index is 1920. The normalized spacial score (nSPS) is 15.7. The van der Waals surface area contributed by atoms with Crippen molar-refractivity contribution in [3.8, 4) is 0 Å². The predicted molar refractivity (Wildman–Crippen MR) is 240 cm³/mol. The van der Waals surface area contributed by atoms with E-state index in [0.29, 0.717) is 0 Å². The van der Waals surface area contributed by atoms with E-state index in [1.807, 2.05) is 36.4 Å². The maximum atomic E-state index is 11.4. The van der Waals surface area contributed by atoms with E-state index < -0.39 is 20.2 Å². The van der Waals surface area contributed by atoms with Crippen LogP contribution in [0.3, 0.4) is 0 Å². The van der Waals surface area contributed by atoms with E-state index in [9.17, 15) is 25.9 Å². The molecule has 0 amide bonds. The number of hydrogen-bond donors (Lipinski definition) is 2. The third kappa shape index (κ3) is 15.2. The first kappa shape index (κ1) is 48.8. The van der Waals surface area contributed by atoms with Gasteiger partial charge in [-0.1, -0.05) is 152 Å². The number of nitrogens with one attached hydrogen (secondary N) is 2. The average Bonchev–Trinajstić information content (AvgIpc) is 3.73. The van der Waals surface area contributed by atoms with Gasteiger partial charge in [0, 0.05) is 13.1 Å². The SMILES string of the molecule is CCCCCCCCCC1Nc2cc(S(=O)(=O)[O-])ccc2N1Cc1ccccc1.CCCCCCCCCC1Nc2cc(S(=O)(=O)[O-])ccc2N1Cc1ccccc1.[Ca+2]. The fourth-order valence-corrected chi connectivity index (χ4v) is 8.91. The number of benzene rings is 4. The molecule has 2 atom stereocenters. The van der Waals surface area contributed by atoms with Crippen molar-refractivity contribution in [3.05, 3.63) is 108 Å². The molecular weight excluding hydrogens is 809 g/mol. The van der Waals surface area contributed by atoms with Crippen LogP contribution in [0.2, 0.25) is 0 Å². The van der Waals surface area contributed by atoms with Gasteiger partial charge in [0.25, 0.3) is 0 Å². The second kappa shape index (κ2) is 24.6. The number of hydrogen-bond acceptors (Lipinski definition) is 10. The number of unbranched alkanes of at least 4 members (excludes halogenated alkanes) is 12. The van der Waals surface area contributed by atoms with E-state index >= 15 is 0 Å². The van der Waals surface area contributed by atoms with Crippen LogP contribution in [0, 0.1) is 0 Å². The van der Waals surface area contributed by atoms with Gasteiger partial charge in [-0.15, -0.1) is 0 Å². The molecule has 2 N–H and O–H groups in total. The number of fused-ring (bicyclic) bond motifs is 2. The van der Waals surface area contributed by atoms with Crippen molar-refractivity contribution in [2.45, 2.75) is 152 Å². The van der Waals surface area contributed by atoms with E-state index in [-0.39, 0.29) is 59.9 Å². The molecule has 13 heteroatoms. The third-order valence-electron chi connectivity index (χ3n) is 11.1. The van der Waals surface area contributed by atoms with Crippen LogP contribution >= 0.6 is 0 Å². The zero-order valence-electron chi connectivity index (χ0n) is 35.0. The van der Waals surface area contributed by atoms with Crippen LogP contribution in [-0.2, 0) is 33.3 Å². The minimum Gasteiger partial charge on any atom is -0.744 e. The molecule has 4 aromatic rings. The van der Waals surface area contributed by atoms with Crippen molar-refractivity contribution >= 4 is 80.7 Å². The van der Waals surface area contributed by atoms with Crippen LogP contribution in [0.25, 0.3) is 0 Å². The summed E-state index contributed by atoms with van der Waals surface area (Å²) in [5, 5.41) is 6.90. The van der Waals surface area contributed by atoms with Crippen LogP contribution in [0.1, 0.15) is 128 Å². The molecule has 0 aromatic heterocycles. The molecule has 4 aromatic carbocycles. The summed E-state index contributed by atoms with van der Waals surface area (Å²) in [7, 11) is -8.92. The van der Waals surface area contributed by atoms with E-state index in [1.165, 1.54) is 112 Å². The molecule has 0 bridgehead atoms. The molecular formula is C46H62CaN4O6S2. The average molecular weight is 871 g/mol. The summed E-state index contributed by atoms with van der Waals surface area (Å²) in [5.41, 5.74) is 5.76. The van der Waals surface area contributed by atoms with Crippen LogP contribution in [0.15, 0.2) is 107 Å². The Kier molecular flexibility index (Phi) is 20.3. The Labute approximate surface area is 384 Å². The maximum Gasteiger partial charge on any atom is 2.00 e. The monoisotopic (exact) mass is 870 g/mol. The first-order valence-electron chi connectivity index (χ1n) is 21.3. The summed E-state index contributed by atoms with van der Waals surface area (Å²) in [6.07, 6.45) is 19.7. The molecule has 0 saturated heterocycles. The van der Waals surface area contributed by atoms with Crippen molar-refractivity contribution < 1.29 is 25.9 Å². The molecule has 0 spiro atoms. The first-order valence-corrected chi connectivity index (χ1v) is 24.1. The van der Waals surface area contributed by atoms with Gasteiger partial charge in [-0.25, -0.2) is 16.8 Å². The molecule has 2 aliphatic heterocycles. The number of nitrogens with zero attached hydrogens (tertiary/aromatic N) is 2. The molecule has 2 heterocycles. The van der Waals surface area contributed by atoms with Gasteiger partial charge in [-0.2, -0.15) is 0 Å². The van der Waals surface area contributed by atoms with Gasteiger partial charge < -0.3 is 29.5 Å². The molecule has 6 rings (SSSR count). The summed E-state index contributed by atoms with van der Waals surface area (Å²) in [4.78, 5) is 4.20. The summed E-state index contributed by atoms with van der Waals surface area (Å²) >= 11 is 0. The molecule has 0 fully saturated rings. The summed E-state index contributed by atoms with van der Waals surface area (Å²) in [6, 6.07) is 29.8. The smallest absolute Gasteiger partial charge is 0.744 e. The Balaban J connectivity index is 0.000000256. The zero-order valence-corrected chi connectivity index (χ0v) is 38.8. The Morgan fingerprint density at radius 3 is 1.17 bits per heavy atom. The van der Waals surface area contributed by atoms with Crippen molar-refractivity contribution in [2.75, 3.05) is 20.4 Å². The number of anilines is 4. The van der Waals surface area contributed by atoms with E-state index in [1.54, 1.807) is 12.1 Å². The van der Waals surface area contributed by atoms with E-state index in [4.69, 9.17) is 0 Å². The van der Waals surface area contributed by atoms with Crippen LogP contribution in [-0.4, -0.2) is 76.0 Å². The third-order valence-corrected chi connectivity index (χ3v) is 12.7. The largest absolute Gasteiger partial charge is 2.00 e. The Morgan fingerprint density at radius 1 is 0.492 bits per heavy atom. The first-order chi connectivity index (χ1) is 28.0. The van der Waals surface area contributed by atoms with Gasteiger partial charge in [0.1, 0.15) is 20.2 Å². The summed E-state index contributed by atoms with van der Waals surface area (Å²) in [5.74, 6) is 0. The van der Waals surface area contributed by atoms with Crippen molar-refractivity contribution in [2.24, 2.45) is 0 Å². The van der Waals surface area contributed by atoms with Crippen molar-refractivity contribution in [3.63, 3.8) is 0 Å². The predicted octanol–water partition coefficient (Wildman–Crippen LogP) is 10.6. The Hall–Kier alpha value is -2.84. The van der Waals surface area contributed by atoms with Gasteiger partial charge in [-0.05, 0) is 73.2 Å². The molecule has 0 saturated carbocycles. The fraction of sp³-hybridized carbons (Fsp3) is 0.478. The zero-order chi connectivity index (χ0) is 41.4. The second-order valence-electron chi connectivity index (χ2n) is 15.6. The Morgan fingerprint density at radius 2 is 0.831 bits per heavy atom. The molecule has 316 valence electrons. The van der Waals surface area contributed by atoms with Gasteiger partial charge in [0.2, 0.25) is 0 Å². The van der Waals surface area contributed by atoms with Gasteiger partial charge in [0.15, 0.2) is 0 Å². The summed E-state index contributed by atoms with van der Waals surface area (Å²) in [6.45, 7) is 5.94. The standard InChI is InChI=1S/2C23H32N2O3S.Ca/c2*1-2-3-4-5-6-7-11-14-23-24-21-17-20(29(26,27)28)15-16-22(21)25(23)18-19-12-9-8-10-13-19;/h2*8-10,12-13,15-17,23-24H,2-7,11,14,18H2,1H3,(H,26,27,28);/q;;+2/p-2. The molecule has 0 radical (unpaired) electrons. The quantitative estimate of drug-likeness (QED) is 0.0445. The minimum absolute atomic E-state index is 0. The second-order valence-corrected chi connectivity index (χ2v) is 18.4. The fourth-order valence-electron chi connectivity index (χ4n) is 7.92. The van der Waals surface area contributed by atoms with Crippen LogP contribution in [0.4, 0.5) is 22.7 Å².